The van der Waals surface area contributed by atoms with Crippen LogP contribution in [0.2, 0.25) is 0 Å². The van der Waals surface area contributed by atoms with E-state index >= 15 is 0 Å². The molecule has 0 atom stereocenters. The number of nitrogens with zero attached hydrogens (tertiary/aromatic N) is 1. The van der Waals surface area contributed by atoms with E-state index in [4.69, 9.17) is 0 Å². The minimum absolute atomic E-state index is 0.143. The highest BCUT2D eigenvalue weighted by Gasteiger charge is 2.21. The van der Waals surface area contributed by atoms with Gasteiger partial charge in [0.15, 0.2) is 0 Å². The average molecular weight is 233 g/mol. The first-order valence-electron chi connectivity index (χ1n) is 5.33. The van der Waals surface area contributed by atoms with E-state index in [1.807, 2.05) is 48.5 Å². The molecule has 1 heterocycles. The van der Waals surface area contributed by atoms with Crippen molar-refractivity contribution in [1.29, 1.82) is 0 Å². The fourth-order valence-electron chi connectivity index (χ4n) is 1.91. The van der Waals surface area contributed by atoms with E-state index in [1.165, 1.54) is 0 Å². The lowest BCUT2D eigenvalue weighted by Gasteiger charge is -2.15. The molecule has 1 aliphatic rings. The normalized spacial score (nSPS) is 15.1. The molecule has 2 rings (SSSR count). The van der Waals surface area contributed by atoms with Gasteiger partial charge in [-0.05, 0) is 24.8 Å². The van der Waals surface area contributed by atoms with E-state index in [1.54, 1.807) is 11.8 Å². The molecule has 0 saturated carbocycles. The fourth-order valence-corrected chi connectivity index (χ4v) is 2.50. The smallest absolute Gasteiger partial charge is 0.209 e. The van der Waals surface area contributed by atoms with Crippen LogP contribution in [0.5, 0.6) is 0 Å². The van der Waals surface area contributed by atoms with Gasteiger partial charge in [0.05, 0.1) is 5.70 Å². The van der Waals surface area contributed by atoms with Gasteiger partial charge in [0.25, 0.3) is 0 Å². The van der Waals surface area contributed by atoms with Crippen LogP contribution >= 0.6 is 11.8 Å². The van der Waals surface area contributed by atoms with Crippen LogP contribution in [0, 0.1) is 0 Å². The lowest BCUT2D eigenvalue weighted by atomic mass is 10.1. The van der Waals surface area contributed by atoms with Crippen LogP contribution in [-0.2, 0) is 0 Å². The molecular weight excluding hydrogens is 218 g/mol. The molecule has 0 aromatic heterocycles. The largest absolute Gasteiger partial charge is 0.371 e. The molecule has 84 valence electrons. The van der Waals surface area contributed by atoms with Crippen LogP contribution in [0.25, 0.3) is 0 Å². The second-order valence-corrected chi connectivity index (χ2v) is 4.68. The number of hydrogen-bond donors (Lipinski definition) is 0. The Bertz CT molecular complexity index is 439. The van der Waals surface area contributed by atoms with Gasteiger partial charge in [0, 0.05) is 24.1 Å². The van der Waals surface area contributed by atoms with Crippen molar-refractivity contribution in [2.75, 3.05) is 19.8 Å². The lowest BCUT2D eigenvalue weighted by Crippen LogP contribution is -2.20. The second kappa shape index (κ2) is 4.74. The maximum absolute atomic E-state index is 12.3. The van der Waals surface area contributed by atoms with Crippen LogP contribution in [0.3, 0.4) is 0 Å². The van der Waals surface area contributed by atoms with Crippen molar-refractivity contribution in [3.63, 3.8) is 0 Å². The van der Waals surface area contributed by atoms with Crippen molar-refractivity contribution >= 4 is 17.5 Å². The van der Waals surface area contributed by atoms with Crippen molar-refractivity contribution in [1.82, 2.24) is 4.90 Å². The molecule has 0 amide bonds. The number of rotatable bonds is 3. The van der Waals surface area contributed by atoms with E-state index in [-0.39, 0.29) is 5.78 Å². The van der Waals surface area contributed by atoms with E-state index < -0.39 is 0 Å². The molecular formula is C13H15NOS. The molecule has 0 fully saturated rings. The zero-order chi connectivity index (χ0) is 11.5. The van der Waals surface area contributed by atoms with Gasteiger partial charge >= 0.3 is 0 Å². The highest BCUT2D eigenvalue weighted by molar-refractivity contribution is 7.98. The maximum Gasteiger partial charge on any atom is 0.209 e. The number of ketones is 1. The van der Waals surface area contributed by atoms with Crippen LogP contribution in [-0.4, -0.2) is 30.5 Å². The van der Waals surface area contributed by atoms with Crippen molar-refractivity contribution in [3.05, 3.63) is 41.6 Å². The first kappa shape index (κ1) is 11.3. The van der Waals surface area contributed by atoms with Crippen LogP contribution in [0.1, 0.15) is 16.8 Å². The number of hydrogen-bond acceptors (Lipinski definition) is 3. The van der Waals surface area contributed by atoms with E-state index in [0.717, 1.165) is 29.1 Å². The minimum Gasteiger partial charge on any atom is -0.371 e. The number of likely N-dealkylation sites (N-methyl/N-ethyl adjacent to an activating group) is 1. The quantitative estimate of drug-likeness (QED) is 0.591. The maximum atomic E-state index is 12.3. The van der Waals surface area contributed by atoms with Crippen molar-refractivity contribution in [2.24, 2.45) is 0 Å². The average Bonchev–Trinajstić information content (AvgIpc) is 2.74. The van der Waals surface area contributed by atoms with Gasteiger partial charge in [-0.1, -0.05) is 18.2 Å². The number of benzene rings is 1. The molecule has 0 aliphatic carbocycles. The molecule has 0 saturated heterocycles. The van der Waals surface area contributed by atoms with E-state index in [9.17, 15) is 4.79 Å². The van der Waals surface area contributed by atoms with Gasteiger partial charge < -0.3 is 4.90 Å². The summed E-state index contributed by atoms with van der Waals surface area (Å²) in [5, 5.41) is 0. The molecule has 1 aromatic rings. The third kappa shape index (κ3) is 2.00. The monoisotopic (exact) mass is 233 g/mol. The highest BCUT2D eigenvalue weighted by atomic mass is 32.2. The first-order valence-corrected chi connectivity index (χ1v) is 6.55. The number of allylic oxidation sites excluding steroid dienone is 1. The van der Waals surface area contributed by atoms with Crippen LogP contribution in [0.4, 0.5) is 0 Å². The zero-order valence-corrected chi connectivity index (χ0v) is 10.4. The molecule has 0 bridgehead atoms. The van der Waals surface area contributed by atoms with E-state index in [2.05, 4.69) is 0 Å². The Balaban J connectivity index is 2.34. The van der Waals surface area contributed by atoms with E-state index in [0.29, 0.717) is 0 Å². The summed E-state index contributed by atoms with van der Waals surface area (Å²) in [5.41, 5.74) is 1.65. The Morgan fingerprint density at radius 2 is 2.12 bits per heavy atom. The van der Waals surface area contributed by atoms with Gasteiger partial charge in [0.2, 0.25) is 5.78 Å². The van der Waals surface area contributed by atoms with Crippen LogP contribution < -0.4 is 0 Å². The lowest BCUT2D eigenvalue weighted by molar-refractivity contribution is 0.100. The Labute approximate surface area is 100 Å². The predicted octanol–water partition coefficient (Wildman–Crippen LogP) is 2.81. The Kier molecular flexibility index (Phi) is 3.34. The third-order valence-electron chi connectivity index (χ3n) is 2.80. The molecule has 1 aromatic carbocycles. The van der Waals surface area contributed by atoms with Crippen molar-refractivity contribution in [3.8, 4) is 0 Å². The third-order valence-corrected chi connectivity index (χ3v) is 3.59. The summed E-state index contributed by atoms with van der Waals surface area (Å²) < 4.78 is 0. The molecule has 1 aliphatic heterocycles. The molecule has 16 heavy (non-hydrogen) atoms. The minimum atomic E-state index is 0.143. The van der Waals surface area contributed by atoms with Crippen LogP contribution in [0.15, 0.2) is 40.9 Å². The fraction of sp³-hybridized carbons (Fsp3) is 0.308. The zero-order valence-electron chi connectivity index (χ0n) is 9.56. The first-order chi connectivity index (χ1) is 7.74. The number of carbonyl (C=O) groups is 1. The van der Waals surface area contributed by atoms with Crippen molar-refractivity contribution in [2.45, 2.75) is 11.3 Å². The summed E-state index contributed by atoms with van der Waals surface area (Å²) in [7, 11) is 1.97. The summed E-state index contributed by atoms with van der Waals surface area (Å²) in [6.45, 7) is 0.947. The van der Waals surface area contributed by atoms with Gasteiger partial charge in [-0.3, -0.25) is 4.79 Å². The predicted molar refractivity (Wildman–Crippen MR) is 67.9 cm³/mol. The van der Waals surface area contributed by atoms with Gasteiger partial charge in [-0.2, -0.15) is 0 Å². The summed E-state index contributed by atoms with van der Waals surface area (Å²) in [4.78, 5) is 15.4. The SMILES string of the molecule is CSc1ccccc1C(=O)C1=CCCN1C. The topological polar surface area (TPSA) is 20.3 Å². The van der Waals surface area contributed by atoms with Gasteiger partial charge in [-0.15, -0.1) is 11.8 Å². The van der Waals surface area contributed by atoms with Gasteiger partial charge in [0.1, 0.15) is 0 Å². The summed E-state index contributed by atoms with van der Waals surface area (Å²) >= 11 is 1.62. The summed E-state index contributed by atoms with van der Waals surface area (Å²) in [5.74, 6) is 0.143. The number of carbonyl (C=O) groups excluding carboxylic acids is 1. The summed E-state index contributed by atoms with van der Waals surface area (Å²) in [6.07, 6.45) is 5.00. The molecule has 3 heteroatoms. The molecule has 0 spiro atoms. The number of thioether (sulfide) groups is 1. The number of Topliss-reactive ketones (excluding diaryl/α,β-unsaturated/α-hetero) is 1. The molecule has 0 N–H and O–H groups in total. The Morgan fingerprint density at radius 1 is 1.38 bits per heavy atom. The highest BCUT2D eigenvalue weighted by Crippen LogP contribution is 2.25. The van der Waals surface area contributed by atoms with Crippen molar-refractivity contribution < 1.29 is 4.79 Å². The standard InChI is InChI=1S/C13H15NOS/c1-14-9-5-7-11(14)13(15)10-6-3-4-8-12(10)16-2/h3-4,6-8H,5,9H2,1-2H3. The second-order valence-electron chi connectivity index (χ2n) is 3.83. The molecule has 0 unspecified atom stereocenters. The Morgan fingerprint density at radius 3 is 2.75 bits per heavy atom. The molecule has 0 radical (unpaired) electrons. The summed E-state index contributed by atoms with van der Waals surface area (Å²) in [6, 6.07) is 7.78. The molecule has 2 nitrogen and oxygen atoms in total. The van der Waals surface area contributed by atoms with Gasteiger partial charge in [-0.25, -0.2) is 0 Å². The Hall–Kier alpha value is -1.22.